The van der Waals surface area contributed by atoms with Gasteiger partial charge in [0.2, 0.25) is 0 Å². The zero-order valence-electron chi connectivity index (χ0n) is 13.0. The third kappa shape index (κ3) is 3.63. The van der Waals surface area contributed by atoms with Crippen LogP contribution >= 0.6 is 11.6 Å². The molecule has 23 heavy (non-hydrogen) atoms. The normalized spacial score (nSPS) is 11.5. The summed E-state index contributed by atoms with van der Waals surface area (Å²) in [5.41, 5.74) is 5.87. The topological polar surface area (TPSA) is 33.6 Å². The summed E-state index contributed by atoms with van der Waals surface area (Å²) in [5, 5.41) is 7.41. The van der Waals surface area contributed by atoms with Gasteiger partial charge in [-0.05, 0) is 59.7 Å². The number of ether oxygens (including phenoxy) is 1. The molecule has 0 fully saturated rings. The quantitative estimate of drug-likeness (QED) is 0.519. The molecule has 0 aliphatic carbocycles. The van der Waals surface area contributed by atoms with Crippen molar-refractivity contribution in [3.8, 4) is 5.75 Å². The van der Waals surface area contributed by atoms with E-state index in [4.69, 9.17) is 16.3 Å². The number of nitrogens with one attached hydrogen (secondary N) is 1. The van der Waals surface area contributed by atoms with E-state index in [0.29, 0.717) is 5.02 Å². The van der Waals surface area contributed by atoms with Gasteiger partial charge in [-0.3, -0.25) is 5.43 Å². The Hall–Kier alpha value is -2.52. The largest absolute Gasteiger partial charge is 0.497 e. The second-order valence-electron chi connectivity index (χ2n) is 5.25. The molecule has 116 valence electrons. The first-order valence-corrected chi connectivity index (χ1v) is 7.67. The first kappa shape index (κ1) is 15.4. The van der Waals surface area contributed by atoms with Crippen LogP contribution in [0, 0.1) is 0 Å². The highest BCUT2D eigenvalue weighted by Crippen LogP contribution is 2.22. The van der Waals surface area contributed by atoms with Crippen LogP contribution in [0.25, 0.3) is 10.8 Å². The van der Waals surface area contributed by atoms with Crippen LogP contribution in [-0.4, -0.2) is 12.8 Å². The van der Waals surface area contributed by atoms with Crippen molar-refractivity contribution >= 4 is 33.8 Å². The van der Waals surface area contributed by atoms with Crippen molar-refractivity contribution in [3.63, 3.8) is 0 Å². The Morgan fingerprint density at radius 2 is 1.78 bits per heavy atom. The molecule has 0 aromatic heterocycles. The summed E-state index contributed by atoms with van der Waals surface area (Å²) in [7, 11) is 1.67. The zero-order valence-corrected chi connectivity index (χ0v) is 13.8. The van der Waals surface area contributed by atoms with Crippen molar-refractivity contribution in [1.82, 2.24) is 0 Å². The smallest absolute Gasteiger partial charge is 0.119 e. The van der Waals surface area contributed by atoms with Gasteiger partial charge >= 0.3 is 0 Å². The number of anilines is 1. The van der Waals surface area contributed by atoms with E-state index in [-0.39, 0.29) is 0 Å². The summed E-state index contributed by atoms with van der Waals surface area (Å²) in [6.07, 6.45) is 0. The van der Waals surface area contributed by atoms with Crippen LogP contribution in [-0.2, 0) is 0 Å². The fourth-order valence-electron chi connectivity index (χ4n) is 2.35. The predicted molar refractivity (Wildman–Crippen MR) is 97.8 cm³/mol. The van der Waals surface area contributed by atoms with Crippen molar-refractivity contribution in [1.29, 1.82) is 0 Å². The average molecular weight is 325 g/mol. The zero-order chi connectivity index (χ0) is 16.2. The van der Waals surface area contributed by atoms with E-state index < -0.39 is 0 Å². The molecular weight excluding hydrogens is 308 g/mol. The summed E-state index contributed by atoms with van der Waals surface area (Å²) < 4.78 is 5.25. The van der Waals surface area contributed by atoms with Gasteiger partial charge in [-0.15, -0.1) is 0 Å². The molecule has 3 aromatic rings. The molecule has 0 heterocycles. The molecule has 0 amide bonds. The van der Waals surface area contributed by atoms with Gasteiger partial charge in [0.15, 0.2) is 0 Å². The van der Waals surface area contributed by atoms with Crippen LogP contribution in [0.2, 0.25) is 5.02 Å². The van der Waals surface area contributed by atoms with Crippen molar-refractivity contribution in [3.05, 3.63) is 71.2 Å². The molecule has 0 spiro atoms. The number of rotatable bonds is 4. The lowest BCUT2D eigenvalue weighted by Crippen LogP contribution is -1.99. The van der Waals surface area contributed by atoms with Gasteiger partial charge in [0.05, 0.1) is 18.5 Å². The maximum absolute atomic E-state index is 5.97. The predicted octanol–water partition coefficient (Wildman–Crippen LogP) is 5.34. The monoisotopic (exact) mass is 324 g/mol. The highest BCUT2D eigenvalue weighted by atomic mass is 35.5. The van der Waals surface area contributed by atoms with Gasteiger partial charge in [0.25, 0.3) is 0 Å². The molecule has 3 rings (SSSR count). The Morgan fingerprint density at radius 1 is 1.00 bits per heavy atom. The molecule has 0 aliphatic rings. The highest BCUT2D eigenvalue weighted by molar-refractivity contribution is 6.30. The highest BCUT2D eigenvalue weighted by Gasteiger charge is 2.02. The van der Waals surface area contributed by atoms with Gasteiger partial charge in [-0.25, -0.2) is 0 Å². The fraction of sp³-hybridized carbons (Fsp3) is 0.105. The summed E-state index contributed by atoms with van der Waals surface area (Å²) in [6.45, 7) is 1.97. The SMILES string of the molecule is COc1ccc2cc(/C(C)=N\Nc3cccc(Cl)c3)ccc2c1. The van der Waals surface area contributed by atoms with Crippen molar-refractivity contribution in [2.45, 2.75) is 6.92 Å². The van der Waals surface area contributed by atoms with Crippen molar-refractivity contribution < 1.29 is 4.74 Å². The Kier molecular flexibility index (Phi) is 4.49. The maximum Gasteiger partial charge on any atom is 0.119 e. The molecule has 3 nitrogen and oxygen atoms in total. The van der Waals surface area contributed by atoms with Gasteiger partial charge in [-0.2, -0.15) is 5.10 Å². The fourth-order valence-corrected chi connectivity index (χ4v) is 2.54. The van der Waals surface area contributed by atoms with E-state index in [2.05, 4.69) is 34.8 Å². The minimum Gasteiger partial charge on any atom is -0.497 e. The summed E-state index contributed by atoms with van der Waals surface area (Å²) in [4.78, 5) is 0. The number of hydrogen-bond donors (Lipinski definition) is 1. The van der Waals surface area contributed by atoms with E-state index in [9.17, 15) is 0 Å². The molecule has 0 saturated carbocycles. The lowest BCUT2D eigenvalue weighted by Gasteiger charge is -2.07. The standard InChI is InChI=1S/C19H17ClN2O/c1-13(21-22-18-5-3-4-17(20)12-18)14-6-7-16-11-19(23-2)9-8-15(16)10-14/h3-12,22H,1-2H3/b21-13-. The van der Waals surface area contributed by atoms with Gasteiger partial charge in [0.1, 0.15) is 5.75 Å². The van der Waals surface area contributed by atoms with E-state index in [1.807, 2.05) is 43.3 Å². The van der Waals surface area contributed by atoms with E-state index in [1.54, 1.807) is 7.11 Å². The second-order valence-corrected chi connectivity index (χ2v) is 5.68. The molecule has 4 heteroatoms. The first-order chi connectivity index (χ1) is 11.2. The van der Waals surface area contributed by atoms with Crippen LogP contribution in [0.5, 0.6) is 5.75 Å². The van der Waals surface area contributed by atoms with Gasteiger partial charge in [-0.1, -0.05) is 35.9 Å². The number of hydrazone groups is 1. The molecule has 0 atom stereocenters. The molecule has 3 aromatic carbocycles. The number of fused-ring (bicyclic) bond motifs is 1. The second kappa shape index (κ2) is 6.71. The average Bonchev–Trinajstić information content (AvgIpc) is 2.58. The first-order valence-electron chi connectivity index (χ1n) is 7.30. The number of nitrogens with zero attached hydrogens (tertiary/aromatic N) is 1. The lowest BCUT2D eigenvalue weighted by molar-refractivity contribution is 0.415. The number of hydrogen-bond acceptors (Lipinski definition) is 3. The molecule has 0 unspecified atom stereocenters. The summed E-state index contributed by atoms with van der Waals surface area (Å²) in [6, 6.07) is 19.8. The van der Waals surface area contributed by atoms with E-state index >= 15 is 0 Å². The molecule has 0 saturated heterocycles. The third-order valence-electron chi connectivity index (χ3n) is 3.64. The molecule has 0 bridgehead atoms. The summed E-state index contributed by atoms with van der Waals surface area (Å²) >= 11 is 5.97. The molecule has 1 N–H and O–H groups in total. The van der Waals surface area contributed by atoms with E-state index in [1.165, 1.54) is 0 Å². The maximum atomic E-state index is 5.97. The minimum atomic E-state index is 0.683. The number of methoxy groups -OCH3 is 1. The van der Waals surface area contributed by atoms with Crippen molar-refractivity contribution in [2.24, 2.45) is 5.10 Å². The number of halogens is 1. The molecular formula is C19H17ClN2O. The van der Waals surface area contributed by atoms with Crippen LogP contribution in [0.3, 0.4) is 0 Å². The lowest BCUT2D eigenvalue weighted by atomic mass is 10.0. The Bertz CT molecular complexity index is 874. The molecule has 0 radical (unpaired) electrons. The van der Waals surface area contributed by atoms with Crippen LogP contribution in [0.4, 0.5) is 5.69 Å². The van der Waals surface area contributed by atoms with Gasteiger partial charge in [0, 0.05) is 5.02 Å². The van der Waals surface area contributed by atoms with Crippen LogP contribution < -0.4 is 10.2 Å². The Labute approximate surface area is 140 Å². The van der Waals surface area contributed by atoms with Crippen LogP contribution in [0.15, 0.2) is 65.8 Å². The van der Waals surface area contributed by atoms with Gasteiger partial charge < -0.3 is 4.74 Å². The van der Waals surface area contributed by atoms with Crippen molar-refractivity contribution in [2.75, 3.05) is 12.5 Å². The molecule has 0 aliphatic heterocycles. The summed E-state index contributed by atoms with van der Waals surface area (Å²) in [5.74, 6) is 0.860. The minimum absolute atomic E-state index is 0.683. The Balaban J connectivity index is 1.85. The number of benzene rings is 3. The third-order valence-corrected chi connectivity index (χ3v) is 3.88. The Morgan fingerprint density at radius 3 is 2.57 bits per heavy atom. The van der Waals surface area contributed by atoms with Crippen LogP contribution in [0.1, 0.15) is 12.5 Å². The van der Waals surface area contributed by atoms with E-state index in [0.717, 1.165) is 33.5 Å².